The first kappa shape index (κ1) is 16.4. The van der Waals surface area contributed by atoms with E-state index in [0.29, 0.717) is 10.1 Å². The van der Waals surface area contributed by atoms with Crippen LogP contribution in [0.15, 0.2) is 17.4 Å². The Morgan fingerprint density at radius 2 is 2.22 bits per heavy atom. The fourth-order valence-electron chi connectivity index (χ4n) is 2.80. The van der Waals surface area contributed by atoms with Crippen molar-refractivity contribution in [3.8, 4) is 0 Å². The van der Waals surface area contributed by atoms with E-state index in [4.69, 9.17) is 23.8 Å². The summed E-state index contributed by atoms with van der Waals surface area (Å²) in [6, 6.07) is 1.88. The number of likely N-dealkylation sites (N-methyl/N-ethyl adjacent to an activating group) is 1. The number of hydrogen-bond acceptors (Lipinski definition) is 5. The van der Waals surface area contributed by atoms with E-state index >= 15 is 0 Å². The monoisotopic (exact) mass is 352 g/mol. The molecule has 1 saturated heterocycles. The topological polar surface area (TPSA) is 55.8 Å². The van der Waals surface area contributed by atoms with Crippen LogP contribution in [0.2, 0.25) is 5.02 Å². The summed E-state index contributed by atoms with van der Waals surface area (Å²) in [6.45, 7) is 8.06. The van der Waals surface area contributed by atoms with Crippen molar-refractivity contribution in [3.63, 3.8) is 0 Å². The number of fused-ring (bicyclic) bond motifs is 1. The molecule has 0 spiro atoms. The van der Waals surface area contributed by atoms with Crippen molar-refractivity contribution in [2.24, 2.45) is 5.10 Å². The Bertz CT molecular complexity index is 612. The van der Waals surface area contributed by atoms with E-state index in [1.165, 1.54) is 0 Å². The van der Waals surface area contributed by atoms with E-state index in [9.17, 15) is 0 Å². The quantitative estimate of drug-likeness (QED) is 0.625. The van der Waals surface area contributed by atoms with Crippen LogP contribution in [0.25, 0.3) is 0 Å². The number of nitrogens with one attached hydrogen (secondary N) is 2. The number of nitrogens with zero attached hydrogens (tertiary/aromatic N) is 4. The molecule has 0 saturated carbocycles. The van der Waals surface area contributed by atoms with E-state index in [-0.39, 0.29) is 0 Å². The molecule has 6 nitrogen and oxygen atoms in total. The van der Waals surface area contributed by atoms with E-state index in [2.05, 4.69) is 37.6 Å². The van der Waals surface area contributed by atoms with Crippen LogP contribution in [0.1, 0.15) is 19.0 Å². The first-order chi connectivity index (χ1) is 11.2. The van der Waals surface area contributed by atoms with Crippen LogP contribution in [-0.2, 0) is 0 Å². The molecule has 1 aromatic rings. The summed E-state index contributed by atoms with van der Waals surface area (Å²) < 4.78 is 0. The van der Waals surface area contributed by atoms with Gasteiger partial charge in [-0.05, 0) is 24.8 Å². The normalized spacial score (nSPS) is 20.1. The van der Waals surface area contributed by atoms with Gasteiger partial charge in [-0.3, -0.25) is 10.4 Å². The Labute approximate surface area is 146 Å². The summed E-state index contributed by atoms with van der Waals surface area (Å²) in [5.41, 5.74) is 5.71. The molecule has 3 rings (SSSR count). The van der Waals surface area contributed by atoms with Crippen LogP contribution < -0.4 is 10.7 Å². The lowest BCUT2D eigenvalue weighted by atomic mass is 10.1. The minimum absolute atomic E-state index is 0.620. The Morgan fingerprint density at radius 3 is 2.96 bits per heavy atom. The molecule has 23 heavy (non-hydrogen) atoms. The maximum Gasteiger partial charge on any atom is 0.189 e. The molecule has 0 aliphatic carbocycles. The van der Waals surface area contributed by atoms with Crippen molar-refractivity contribution in [1.29, 1.82) is 0 Å². The average molecular weight is 353 g/mol. The number of hydrogen-bond donors (Lipinski definition) is 2. The molecule has 1 fully saturated rings. The maximum absolute atomic E-state index is 5.99. The molecule has 0 atom stereocenters. The van der Waals surface area contributed by atoms with Crippen molar-refractivity contribution in [1.82, 2.24) is 20.2 Å². The number of rotatable bonds is 2. The summed E-state index contributed by atoms with van der Waals surface area (Å²) in [7, 11) is 0. The maximum atomic E-state index is 5.99. The van der Waals surface area contributed by atoms with Crippen LogP contribution in [0.4, 0.5) is 5.69 Å². The number of aromatic nitrogens is 1. The van der Waals surface area contributed by atoms with Gasteiger partial charge in [-0.25, -0.2) is 0 Å². The van der Waals surface area contributed by atoms with Gasteiger partial charge in [-0.15, -0.1) is 0 Å². The van der Waals surface area contributed by atoms with Crippen LogP contribution >= 0.6 is 23.8 Å². The fourth-order valence-corrected chi connectivity index (χ4v) is 3.19. The molecule has 0 amide bonds. The molecule has 2 N–H and O–H groups in total. The summed E-state index contributed by atoms with van der Waals surface area (Å²) in [5.74, 6) is 0. The van der Waals surface area contributed by atoms with Crippen molar-refractivity contribution >= 4 is 40.3 Å². The highest BCUT2D eigenvalue weighted by Gasteiger charge is 2.19. The second kappa shape index (κ2) is 7.42. The fraction of sp³-hybridized carbons (Fsp3) is 0.533. The van der Waals surface area contributed by atoms with Gasteiger partial charge in [0.05, 0.1) is 16.4 Å². The van der Waals surface area contributed by atoms with Crippen LogP contribution in [0, 0.1) is 0 Å². The zero-order valence-electron chi connectivity index (χ0n) is 13.2. The lowest BCUT2D eigenvalue weighted by Gasteiger charge is -2.35. The second-order valence-corrected chi connectivity index (χ2v) is 6.45. The van der Waals surface area contributed by atoms with Crippen LogP contribution in [0.5, 0.6) is 0 Å². The van der Waals surface area contributed by atoms with Gasteiger partial charge in [-0.1, -0.05) is 18.5 Å². The number of pyridine rings is 1. The van der Waals surface area contributed by atoms with Crippen molar-refractivity contribution in [3.05, 3.63) is 23.0 Å². The van der Waals surface area contributed by atoms with E-state index in [0.717, 1.165) is 62.8 Å². The molecule has 124 valence electrons. The molecule has 3 heterocycles. The summed E-state index contributed by atoms with van der Waals surface area (Å²) in [5, 5.41) is 9.09. The van der Waals surface area contributed by atoms with E-state index in [1.807, 2.05) is 6.07 Å². The molecular weight excluding hydrogens is 332 g/mol. The lowest BCUT2D eigenvalue weighted by Crippen LogP contribution is -2.50. The van der Waals surface area contributed by atoms with Crippen molar-refractivity contribution in [2.45, 2.75) is 13.3 Å². The molecule has 0 radical (unpaired) electrons. The van der Waals surface area contributed by atoms with Crippen LogP contribution in [-0.4, -0.2) is 64.9 Å². The third-order valence-corrected chi connectivity index (χ3v) is 4.75. The predicted octanol–water partition coefficient (Wildman–Crippen LogP) is 1.77. The molecule has 0 bridgehead atoms. The minimum atomic E-state index is 0.620. The van der Waals surface area contributed by atoms with Gasteiger partial charge in [0.2, 0.25) is 0 Å². The van der Waals surface area contributed by atoms with Gasteiger partial charge in [-0.2, -0.15) is 5.10 Å². The summed E-state index contributed by atoms with van der Waals surface area (Å²) >= 11 is 11.5. The van der Waals surface area contributed by atoms with Crippen molar-refractivity contribution in [2.75, 3.05) is 44.6 Å². The first-order valence-electron chi connectivity index (χ1n) is 7.91. The van der Waals surface area contributed by atoms with Crippen LogP contribution in [0.3, 0.4) is 0 Å². The molecule has 2 aliphatic rings. The molecule has 0 aromatic carbocycles. The Balaban J connectivity index is 1.64. The first-order valence-corrected chi connectivity index (χ1v) is 8.69. The Kier molecular flexibility index (Phi) is 5.30. The molecule has 0 unspecified atom stereocenters. The number of piperazine rings is 1. The highest BCUT2D eigenvalue weighted by atomic mass is 35.5. The minimum Gasteiger partial charge on any atom is -0.383 e. The van der Waals surface area contributed by atoms with Gasteiger partial charge in [0.25, 0.3) is 0 Å². The molecule has 1 aromatic heterocycles. The molecule has 8 heteroatoms. The molecule has 2 aliphatic heterocycles. The smallest absolute Gasteiger partial charge is 0.189 e. The predicted molar refractivity (Wildman–Crippen MR) is 98.3 cm³/mol. The highest BCUT2D eigenvalue weighted by molar-refractivity contribution is 7.80. The number of thiocarbonyl (C=S) groups is 1. The number of hydrazone groups is 1. The number of halogens is 1. The third kappa shape index (κ3) is 3.91. The van der Waals surface area contributed by atoms with E-state index in [1.54, 1.807) is 6.20 Å². The Morgan fingerprint density at radius 1 is 1.43 bits per heavy atom. The molecular formula is C15H21ClN6S. The largest absolute Gasteiger partial charge is 0.383 e. The summed E-state index contributed by atoms with van der Waals surface area (Å²) in [6.07, 6.45) is 2.45. The van der Waals surface area contributed by atoms with Gasteiger partial charge < -0.3 is 15.1 Å². The zero-order valence-corrected chi connectivity index (χ0v) is 14.8. The van der Waals surface area contributed by atoms with Gasteiger partial charge in [0, 0.05) is 45.3 Å². The second-order valence-electron chi connectivity index (χ2n) is 5.62. The SMILES string of the molecule is CCN1CCN(C(=S)N/N=C2/CCNc3cc(Cl)cnc32)CC1. The lowest BCUT2D eigenvalue weighted by molar-refractivity contribution is 0.189. The van der Waals surface area contributed by atoms with E-state index < -0.39 is 0 Å². The van der Waals surface area contributed by atoms with Gasteiger partial charge >= 0.3 is 0 Å². The van der Waals surface area contributed by atoms with Gasteiger partial charge in [0.1, 0.15) is 5.69 Å². The Hall–Kier alpha value is -1.44. The zero-order chi connectivity index (χ0) is 16.2. The average Bonchev–Trinajstić information content (AvgIpc) is 2.59. The highest BCUT2D eigenvalue weighted by Crippen LogP contribution is 2.23. The standard InChI is InChI=1S/C15H21ClN6S/c1-2-21-5-7-22(8-6-21)15(23)20-19-12-3-4-17-13-9-11(16)10-18-14(12)13/h9-10,17H,2-8H2,1H3,(H,20,23)/b19-12-. The third-order valence-electron chi connectivity index (χ3n) is 4.20. The van der Waals surface area contributed by atoms with Gasteiger partial charge in [0.15, 0.2) is 5.11 Å². The van der Waals surface area contributed by atoms with Crippen molar-refractivity contribution < 1.29 is 0 Å². The summed E-state index contributed by atoms with van der Waals surface area (Å²) in [4.78, 5) is 8.97. The number of anilines is 1.